The molecular weight excluding hydrogens is 266 g/mol. The molecule has 0 spiro atoms. The molecule has 0 saturated heterocycles. The Morgan fingerprint density at radius 2 is 2.00 bits per heavy atom. The monoisotopic (exact) mass is 277 g/mol. The molecule has 19 heavy (non-hydrogen) atoms. The zero-order valence-electron chi connectivity index (χ0n) is 9.93. The van der Waals surface area contributed by atoms with E-state index in [4.69, 9.17) is 16.7 Å². The topological polar surface area (TPSA) is 69.6 Å². The summed E-state index contributed by atoms with van der Waals surface area (Å²) >= 11 is 5.99. The van der Waals surface area contributed by atoms with Crippen LogP contribution in [0, 0.1) is 0 Å². The predicted octanol–water partition coefficient (Wildman–Crippen LogP) is 3.36. The van der Waals surface area contributed by atoms with Crippen molar-refractivity contribution in [2.24, 2.45) is 0 Å². The first-order valence-electron chi connectivity index (χ1n) is 5.61. The number of phenolic OH excluding ortho intramolecular Hbond substituents is 1. The molecule has 5 heteroatoms. The number of aromatic hydroxyl groups is 1. The Morgan fingerprint density at radius 3 is 2.68 bits per heavy atom. The molecule has 2 aromatic carbocycles. The van der Waals surface area contributed by atoms with Gasteiger partial charge in [0.2, 0.25) is 0 Å². The Kier molecular flexibility index (Phi) is 3.92. The van der Waals surface area contributed by atoms with Gasteiger partial charge in [0.15, 0.2) is 0 Å². The molecular formula is C14H12ClNO3. The van der Waals surface area contributed by atoms with Crippen molar-refractivity contribution >= 4 is 23.3 Å². The van der Waals surface area contributed by atoms with Gasteiger partial charge in [0.1, 0.15) is 5.75 Å². The molecule has 2 aromatic rings. The number of hydrogen-bond donors (Lipinski definition) is 3. The number of benzene rings is 2. The van der Waals surface area contributed by atoms with Gasteiger partial charge in [0.05, 0.1) is 16.3 Å². The van der Waals surface area contributed by atoms with Gasteiger partial charge in [-0.1, -0.05) is 23.7 Å². The van der Waals surface area contributed by atoms with E-state index in [-0.39, 0.29) is 11.3 Å². The number of phenols is 1. The number of carbonyl (C=O) groups is 1. The standard InChI is InChI=1S/C14H12ClNO3/c15-12-5-4-10(14(18)19)7-13(12)16-8-9-2-1-3-11(17)6-9/h1-7,16-17H,8H2,(H,18,19). The average molecular weight is 278 g/mol. The minimum absolute atomic E-state index is 0.169. The molecule has 4 nitrogen and oxygen atoms in total. The Hall–Kier alpha value is -2.20. The third-order valence-electron chi connectivity index (χ3n) is 2.61. The predicted molar refractivity (Wildman–Crippen MR) is 73.8 cm³/mol. The summed E-state index contributed by atoms with van der Waals surface area (Å²) in [7, 11) is 0. The lowest BCUT2D eigenvalue weighted by molar-refractivity contribution is 0.0697. The van der Waals surface area contributed by atoms with Gasteiger partial charge in [-0.25, -0.2) is 4.79 Å². The summed E-state index contributed by atoms with van der Waals surface area (Å²) in [6.45, 7) is 0.442. The average Bonchev–Trinajstić information content (AvgIpc) is 2.37. The van der Waals surface area contributed by atoms with E-state index in [1.807, 2.05) is 6.07 Å². The van der Waals surface area contributed by atoms with E-state index in [9.17, 15) is 9.90 Å². The van der Waals surface area contributed by atoms with Crippen molar-refractivity contribution in [3.63, 3.8) is 0 Å². The molecule has 0 aromatic heterocycles. The van der Waals surface area contributed by atoms with Crippen molar-refractivity contribution in [2.75, 3.05) is 5.32 Å². The Bertz CT molecular complexity index is 613. The summed E-state index contributed by atoms with van der Waals surface area (Å²) in [5, 5.41) is 21.8. The van der Waals surface area contributed by atoms with E-state index < -0.39 is 5.97 Å². The minimum Gasteiger partial charge on any atom is -0.508 e. The van der Waals surface area contributed by atoms with Crippen LogP contribution in [0.4, 0.5) is 5.69 Å². The van der Waals surface area contributed by atoms with Gasteiger partial charge >= 0.3 is 5.97 Å². The second kappa shape index (κ2) is 5.63. The lowest BCUT2D eigenvalue weighted by Crippen LogP contribution is -2.02. The third-order valence-corrected chi connectivity index (χ3v) is 2.94. The van der Waals surface area contributed by atoms with Crippen LogP contribution in [-0.4, -0.2) is 16.2 Å². The summed E-state index contributed by atoms with van der Waals surface area (Å²) in [6.07, 6.45) is 0. The maximum absolute atomic E-state index is 10.9. The lowest BCUT2D eigenvalue weighted by Gasteiger charge is -2.09. The van der Waals surface area contributed by atoms with E-state index in [0.717, 1.165) is 5.56 Å². The van der Waals surface area contributed by atoms with Crippen LogP contribution in [-0.2, 0) is 6.54 Å². The van der Waals surface area contributed by atoms with Gasteiger partial charge in [0.25, 0.3) is 0 Å². The summed E-state index contributed by atoms with van der Waals surface area (Å²) < 4.78 is 0. The maximum Gasteiger partial charge on any atom is 0.335 e. The van der Waals surface area contributed by atoms with Gasteiger partial charge < -0.3 is 15.5 Å². The number of anilines is 1. The van der Waals surface area contributed by atoms with E-state index in [1.54, 1.807) is 18.2 Å². The molecule has 0 fully saturated rings. The van der Waals surface area contributed by atoms with Gasteiger partial charge in [-0.05, 0) is 35.9 Å². The van der Waals surface area contributed by atoms with Crippen molar-refractivity contribution < 1.29 is 15.0 Å². The van der Waals surface area contributed by atoms with Gasteiger partial charge in [-0.2, -0.15) is 0 Å². The van der Waals surface area contributed by atoms with E-state index in [1.165, 1.54) is 18.2 Å². The minimum atomic E-state index is -1.00. The largest absolute Gasteiger partial charge is 0.508 e. The molecule has 0 radical (unpaired) electrons. The van der Waals surface area contributed by atoms with E-state index in [0.29, 0.717) is 17.3 Å². The lowest BCUT2D eigenvalue weighted by atomic mass is 10.2. The van der Waals surface area contributed by atoms with Crippen LogP contribution in [0.15, 0.2) is 42.5 Å². The highest BCUT2D eigenvalue weighted by Crippen LogP contribution is 2.24. The van der Waals surface area contributed by atoms with Crippen LogP contribution in [0.25, 0.3) is 0 Å². The van der Waals surface area contributed by atoms with Crippen LogP contribution in [0.3, 0.4) is 0 Å². The number of aromatic carboxylic acids is 1. The number of carboxylic acid groups (broad SMARTS) is 1. The van der Waals surface area contributed by atoms with Crippen LogP contribution >= 0.6 is 11.6 Å². The molecule has 0 saturated carbocycles. The maximum atomic E-state index is 10.9. The van der Waals surface area contributed by atoms with Crippen molar-refractivity contribution in [1.82, 2.24) is 0 Å². The normalized spacial score (nSPS) is 10.2. The Morgan fingerprint density at radius 1 is 1.21 bits per heavy atom. The SMILES string of the molecule is O=C(O)c1ccc(Cl)c(NCc2cccc(O)c2)c1. The molecule has 0 aliphatic carbocycles. The van der Waals surface area contributed by atoms with Crippen molar-refractivity contribution in [2.45, 2.75) is 6.54 Å². The van der Waals surface area contributed by atoms with Gasteiger partial charge in [0, 0.05) is 6.54 Å². The Balaban J connectivity index is 2.15. The molecule has 0 aliphatic rings. The van der Waals surface area contributed by atoms with Crippen molar-refractivity contribution in [1.29, 1.82) is 0 Å². The molecule has 0 atom stereocenters. The fourth-order valence-electron chi connectivity index (χ4n) is 1.66. The molecule has 0 aliphatic heterocycles. The zero-order chi connectivity index (χ0) is 13.8. The molecule has 0 heterocycles. The quantitative estimate of drug-likeness (QED) is 0.801. The van der Waals surface area contributed by atoms with Crippen LogP contribution in [0.1, 0.15) is 15.9 Å². The second-order valence-electron chi connectivity index (χ2n) is 4.02. The molecule has 0 amide bonds. The van der Waals surface area contributed by atoms with E-state index in [2.05, 4.69) is 5.32 Å². The van der Waals surface area contributed by atoms with Gasteiger partial charge in [-0.15, -0.1) is 0 Å². The van der Waals surface area contributed by atoms with Crippen LogP contribution in [0.2, 0.25) is 5.02 Å². The number of nitrogens with one attached hydrogen (secondary N) is 1. The first kappa shape index (κ1) is 13.2. The molecule has 3 N–H and O–H groups in total. The summed E-state index contributed by atoms with van der Waals surface area (Å²) in [5.41, 5.74) is 1.59. The first-order valence-corrected chi connectivity index (χ1v) is 5.98. The molecule has 2 rings (SSSR count). The summed E-state index contributed by atoms with van der Waals surface area (Å²) in [6, 6.07) is 11.3. The highest BCUT2D eigenvalue weighted by molar-refractivity contribution is 6.33. The van der Waals surface area contributed by atoms with Crippen molar-refractivity contribution in [3.05, 3.63) is 58.6 Å². The highest BCUT2D eigenvalue weighted by Gasteiger charge is 2.07. The highest BCUT2D eigenvalue weighted by atomic mass is 35.5. The molecule has 98 valence electrons. The second-order valence-corrected chi connectivity index (χ2v) is 4.43. The first-order chi connectivity index (χ1) is 9.06. The number of hydrogen-bond acceptors (Lipinski definition) is 3. The third kappa shape index (κ3) is 3.39. The Labute approximate surface area is 115 Å². The molecule has 0 unspecified atom stereocenters. The van der Waals surface area contributed by atoms with Crippen molar-refractivity contribution in [3.8, 4) is 5.75 Å². The smallest absolute Gasteiger partial charge is 0.335 e. The van der Waals surface area contributed by atoms with Gasteiger partial charge in [-0.3, -0.25) is 0 Å². The van der Waals surface area contributed by atoms with E-state index >= 15 is 0 Å². The number of halogens is 1. The number of carboxylic acids is 1. The molecule has 0 bridgehead atoms. The fourth-order valence-corrected chi connectivity index (χ4v) is 1.84. The summed E-state index contributed by atoms with van der Waals surface area (Å²) in [4.78, 5) is 10.9. The number of rotatable bonds is 4. The summed E-state index contributed by atoms with van der Waals surface area (Å²) in [5.74, 6) is -0.818. The van der Waals surface area contributed by atoms with Crippen LogP contribution in [0.5, 0.6) is 5.75 Å². The fraction of sp³-hybridized carbons (Fsp3) is 0.0714. The zero-order valence-corrected chi connectivity index (χ0v) is 10.7. The van der Waals surface area contributed by atoms with Crippen LogP contribution < -0.4 is 5.32 Å².